The summed E-state index contributed by atoms with van der Waals surface area (Å²) in [5, 5.41) is 3.14. The third kappa shape index (κ3) is 5.31. The molecule has 0 saturated heterocycles. The van der Waals surface area contributed by atoms with Crippen molar-refractivity contribution in [3.63, 3.8) is 0 Å². The summed E-state index contributed by atoms with van der Waals surface area (Å²) in [5.74, 6) is 6.00. The van der Waals surface area contributed by atoms with Gasteiger partial charge in [0, 0.05) is 12.2 Å². The zero-order valence-corrected chi connectivity index (χ0v) is 10.5. The fourth-order valence-corrected chi connectivity index (χ4v) is 1.38. The van der Waals surface area contributed by atoms with Gasteiger partial charge < -0.3 is 5.32 Å². The molecule has 1 aromatic rings. The monoisotopic (exact) mass is 235 g/mol. The molecule has 4 N–H and O–H groups in total. The average Bonchev–Trinajstić information content (AvgIpc) is 2.34. The zero-order chi connectivity index (χ0) is 12.5. The van der Waals surface area contributed by atoms with E-state index in [1.807, 2.05) is 25.1 Å². The molecule has 1 rings (SSSR count). The van der Waals surface area contributed by atoms with E-state index >= 15 is 0 Å². The van der Waals surface area contributed by atoms with Gasteiger partial charge in [-0.15, -0.1) is 0 Å². The van der Waals surface area contributed by atoms with Crippen molar-refractivity contribution in [3.8, 4) is 0 Å². The normalized spacial score (nSPS) is 11.4. The summed E-state index contributed by atoms with van der Waals surface area (Å²) in [5.41, 5.74) is 4.50. The van der Waals surface area contributed by atoms with Crippen LogP contribution in [0.25, 0.3) is 0 Å². The Balaban J connectivity index is 2.49. The molecule has 94 valence electrons. The summed E-state index contributed by atoms with van der Waals surface area (Å²) in [6.45, 7) is 5.51. The van der Waals surface area contributed by atoms with E-state index in [1.165, 1.54) is 0 Å². The first kappa shape index (κ1) is 13.4. The molecule has 0 spiro atoms. The van der Waals surface area contributed by atoms with Crippen LogP contribution in [0.2, 0.25) is 0 Å². The predicted octanol–water partition coefficient (Wildman–Crippen LogP) is 1.10. The minimum Gasteiger partial charge on any atom is -0.355 e. The number of hydrazine groups is 1. The van der Waals surface area contributed by atoms with Gasteiger partial charge in [-0.2, -0.15) is 0 Å². The van der Waals surface area contributed by atoms with Crippen molar-refractivity contribution in [1.29, 1.82) is 0 Å². The van der Waals surface area contributed by atoms with E-state index in [2.05, 4.69) is 27.6 Å². The van der Waals surface area contributed by atoms with E-state index in [-0.39, 0.29) is 0 Å². The van der Waals surface area contributed by atoms with Crippen LogP contribution in [0.15, 0.2) is 23.2 Å². The number of aromatic nitrogens is 1. The van der Waals surface area contributed by atoms with E-state index in [0.29, 0.717) is 12.5 Å². The maximum atomic E-state index is 5.39. The lowest BCUT2D eigenvalue weighted by Crippen LogP contribution is -2.42. The van der Waals surface area contributed by atoms with Crippen molar-refractivity contribution in [1.82, 2.24) is 15.7 Å². The van der Waals surface area contributed by atoms with Gasteiger partial charge in [-0.05, 0) is 25.5 Å². The van der Waals surface area contributed by atoms with Gasteiger partial charge in [0.1, 0.15) is 0 Å². The molecular formula is C12H21N5. The summed E-state index contributed by atoms with van der Waals surface area (Å²) in [4.78, 5) is 8.70. The summed E-state index contributed by atoms with van der Waals surface area (Å²) in [6.07, 6.45) is 2.24. The second-order valence-electron chi connectivity index (χ2n) is 3.86. The average molecular weight is 235 g/mol. The number of nitrogens with zero attached hydrogens (tertiary/aromatic N) is 2. The van der Waals surface area contributed by atoms with Crippen molar-refractivity contribution >= 4 is 5.96 Å². The zero-order valence-electron chi connectivity index (χ0n) is 10.5. The molecule has 0 aromatic carbocycles. The Morgan fingerprint density at radius 3 is 2.94 bits per heavy atom. The van der Waals surface area contributed by atoms with Gasteiger partial charge in [0.15, 0.2) is 0 Å². The number of unbranched alkanes of at least 4 members (excludes halogenated alkanes) is 1. The number of guanidine groups is 1. The molecule has 0 aliphatic carbocycles. The number of hydrogen-bond acceptors (Lipinski definition) is 3. The van der Waals surface area contributed by atoms with Gasteiger partial charge in [0.2, 0.25) is 5.96 Å². The third-order valence-electron chi connectivity index (χ3n) is 2.30. The van der Waals surface area contributed by atoms with Crippen LogP contribution in [0, 0.1) is 6.92 Å². The van der Waals surface area contributed by atoms with Crippen LogP contribution in [0.5, 0.6) is 0 Å². The molecule has 0 aliphatic heterocycles. The first-order valence-corrected chi connectivity index (χ1v) is 5.93. The maximum Gasteiger partial charge on any atom is 0.206 e. The number of hydrogen-bond donors (Lipinski definition) is 3. The van der Waals surface area contributed by atoms with Crippen LogP contribution in [0.3, 0.4) is 0 Å². The lowest BCUT2D eigenvalue weighted by Gasteiger charge is -2.08. The molecule has 0 aliphatic rings. The number of nitrogens with two attached hydrogens (primary N) is 1. The Kier molecular flexibility index (Phi) is 6.03. The molecule has 5 nitrogen and oxygen atoms in total. The highest BCUT2D eigenvalue weighted by atomic mass is 15.3. The minimum absolute atomic E-state index is 0.528. The number of nitrogens with one attached hydrogen (secondary N) is 2. The van der Waals surface area contributed by atoms with Crippen molar-refractivity contribution in [3.05, 3.63) is 29.6 Å². The Hall–Kier alpha value is -1.62. The molecule has 0 atom stereocenters. The van der Waals surface area contributed by atoms with Crippen LogP contribution in [0.1, 0.15) is 31.2 Å². The summed E-state index contributed by atoms with van der Waals surface area (Å²) in [7, 11) is 0. The lowest BCUT2D eigenvalue weighted by atomic mass is 10.3. The fourth-order valence-electron chi connectivity index (χ4n) is 1.38. The van der Waals surface area contributed by atoms with Crippen LogP contribution in [-0.4, -0.2) is 17.5 Å². The Morgan fingerprint density at radius 2 is 2.29 bits per heavy atom. The number of pyridine rings is 1. The summed E-state index contributed by atoms with van der Waals surface area (Å²) >= 11 is 0. The molecule has 0 saturated carbocycles. The number of aliphatic imine (C=N–C) groups is 1. The number of rotatable bonds is 5. The molecule has 1 aromatic heterocycles. The molecule has 5 heteroatoms. The van der Waals surface area contributed by atoms with Gasteiger partial charge in [-0.3, -0.25) is 10.4 Å². The van der Waals surface area contributed by atoms with E-state index in [9.17, 15) is 0 Å². The topological polar surface area (TPSA) is 75.3 Å². The quantitative estimate of drug-likeness (QED) is 0.235. The molecular weight excluding hydrogens is 214 g/mol. The second-order valence-corrected chi connectivity index (χ2v) is 3.86. The van der Waals surface area contributed by atoms with Crippen LogP contribution < -0.4 is 16.6 Å². The molecule has 0 radical (unpaired) electrons. The smallest absolute Gasteiger partial charge is 0.206 e. The van der Waals surface area contributed by atoms with Crippen molar-refractivity contribution in [2.24, 2.45) is 10.8 Å². The van der Waals surface area contributed by atoms with Crippen LogP contribution in [-0.2, 0) is 6.54 Å². The third-order valence-corrected chi connectivity index (χ3v) is 2.30. The van der Waals surface area contributed by atoms with Crippen LogP contribution >= 0.6 is 0 Å². The van der Waals surface area contributed by atoms with Gasteiger partial charge in [0.05, 0.1) is 12.2 Å². The second kappa shape index (κ2) is 7.62. The van der Waals surface area contributed by atoms with Crippen molar-refractivity contribution < 1.29 is 0 Å². The molecule has 0 bridgehead atoms. The molecule has 17 heavy (non-hydrogen) atoms. The van der Waals surface area contributed by atoms with Gasteiger partial charge in [-0.1, -0.05) is 19.4 Å². The van der Waals surface area contributed by atoms with Gasteiger partial charge in [-0.25, -0.2) is 10.8 Å². The summed E-state index contributed by atoms with van der Waals surface area (Å²) < 4.78 is 0. The highest BCUT2D eigenvalue weighted by Crippen LogP contribution is 1.99. The SMILES string of the molecule is CCCCNC(=NCc1cccc(C)n1)NN. The first-order valence-electron chi connectivity index (χ1n) is 5.93. The maximum absolute atomic E-state index is 5.39. The minimum atomic E-state index is 0.528. The Morgan fingerprint density at radius 1 is 1.47 bits per heavy atom. The Bertz CT molecular complexity index is 362. The highest BCUT2D eigenvalue weighted by molar-refractivity contribution is 5.79. The van der Waals surface area contributed by atoms with E-state index < -0.39 is 0 Å². The van der Waals surface area contributed by atoms with E-state index in [0.717, 1.165) is 30.8 Å². The summed E-state index contributed by atoms with van der Waals surface area (Å²) in [6, 6.07) is 5.90. The van der Waals surface area contributed by atoms with E-state index in [4.69, 9.17) is 5.84 Å². The largest absolute Gasteiger partial charge is 0.355 e. The molecule has 0 fully saturated rings. The predicted molar refractivity (Wildman–Crippen MR) is 70.3 cm³/mol. The van der Waals surface area contributed by atoms with Crippen LogP contribution in [0.4, 0.5) is 0 Å². The van der Waals surface area contributed by atoms with E-state index in [1.54, 1.807) is 0 Å². The number of aryl methyl sites for hydroxylation is 1. The highest BCUT2D eigenvalue weighted by Gasteiger charge is 1.96. The molecule has 0 amide bonds. The van der Waals surface area contributed by atoms with Gasteiger partial charge in [0.25, 0.3) is 0 Å². The van der Waals surface area contributed by atoms with Crippen molar-refractivity contribution in [2.75, 3.05) is 6.54 Å². The standard InChI is InChI=1S/C12H21N5/c1-3-4-8-14-12(17-13)15-9-11-7-5-6-10(2)16-11/h5-7H,3-4,8-9,13H2,1-2H3,(H2,14,15,17). The Labute approximate surface area is 103 Å². The molecule has 1 heterocycles. The first-order chi connectivity index (χ1) is 8.26. The van der Waals surface area contributed by atoms with Gasteiger partial charge >= 0.3 is 0 Å². The lowest BCUT2D eigenvalue weighted by molar-refractivity contribution is 0.731. The fraction of sp³-hybridized carbons (Fsp3) is 0.500. The molecule has 0 unspecified atom stereocenters. The van der Waals surface area contributed by atoms with Crippen molar-refractivity contribution in [2.45, 2.75) is 33.2 Å².